The van der Waals surface area contributed by atoms with Crippen molar-refractivity contribution in [2.24, 2.45) is 11.8 Å². The number of carbonyl (C=O) groups excluding carboxylic acids is 1. The molecule has 0 saturated heterocycles. The molecule has 0 aromatic heterocycles. The van der Waals surface area contributed by atoms with Crippen molar-refractivity contribution in [3.63, 3.8) is 0 Å². The Morgan fingerprint density at radius 2 is 1.75 bits per heavy atom. The number of rotatable bonds is 10. The standard InChI is InChI=1S/C42H56O6/c1-10-12-13-15-28-23-33(44)37(30-20-25(5)16-17-29(30)24(3)4)39(45)36(28)40(46)48-42(9)19-18-31-35(26(42)6)38-32(43)21-27(14-11-2)22-34(38)47-41(31,7)8/h20-23,26,29-30,43-45H,3,10-19H2,1-2,4-9H3/t26?,29-,30?,42?/m0/s1. The van der Waals surface area contributed by atoms with Crippen LogP contribution in [-0.4, -0.2) is 32.5 Å². The van der Waals surface area contributed by atoms with Crippen LogP contribution in [0.15, 0.2) is 47.6 Å². The highest BCUT2D eigenvalue weighted by Crippen LogP contribution is 2.56. The second kappa shape index (κ2) is 13.7. The van der Waals surface area contributed by atoms with Gasteiger partial charge >= 0.3 is 5.97 Å². The van der Waals surface area contributed by atoms with E-state index in [2.05, 4.69) is 54.2 Å². The van der Waals surface area contributed by atoms with Crippen molar-refractivity contribution in [3.05, 3.63) is 75.4 Å². The third-order valence-electron chi connectivity index (χ3n) is 11.3. The number of allylic oxidation sites excluding steroid dienone is 3. The summed E-state index contributed by atoms with van der Waals surface area (Å²) in [4.78, 5) is 14.5. The fourth-order valence-electron chi connectivity index (χ4n) is 8.41. The van der Waals surface area contributed by atoms with Crippen LogP contribution in [0.25, 0.3) is 5.57 Å². The van der Waals surface area contributed by atoms with E-state index in [4.69, 9.17) is 9.47 Å². The van der Waals surface area contributed by atoms with Gasteiger partial charge in [-0.2, -0.15) is 0 Å². The van der Waals surface area contributed by atoms with Gasteiger partial charge in [-0.15, -0.1) is 0 Å². The third kappa shape index (κ3) is 6.52. The quantitative estimate of drug-likeness (QED) is 0.134. The molecule has 0 amide bonds. The van der Waals surface area contributed by atoms with E-state index in [0.29, 0.717) is 41.7 Å². The molecule has 0 radical (unpaired) electrons. The summed E-state index contributed by atoms with van der Waals surface area (Å²) in [5.74, 6) is -0.474. The first-order valence-corrected chi connectivity index (χ1v) is 18.1. The lowest BCUT2D eigenvalue weighted by molar-refractivity contribution is -0.0349. The molecule has 1 heterocycles. The summed E-state index contributed by atoms with van der Waals surface area (Å²) in [6.45, 7) is 20.7. The Balaban J connectivity index is 1.58. The minimum Gasteiger partial charge on any atom is -0.507 e. The molecule has 0 saturated carbocycles. The van der Waals surface area contributed by atoms with E-state index in [1.807, 2.05) is 26.0 Å². The monoisotopic (exact) mass is 656 g/mol. The van der Waals surface area contributed by atoms with E-state index < -0.39 is 17.2 Å². The van der Waals surface area contributed by atoms with E-state index in [9.17, 15) is 20.1 Å². The minimum atomic E-state index is -0.929. The molecule has 6 nitrogen and oxygen atoms in total. The number of aromatic hydroxyl groups is 3. The molecule has 4 atom stereocenters. The van der Waals surface area contributed by atoms with Crippen LogP contribution in [0.2, 0.25) is 0 Å². The normalized spacial score (nSPS) is 24.7. The topological polar surface area (TPSA) is 96.2 Å². The maximum absolute atomic E-state index is 14.5. The number of ether oxygens (including phenoxy) is 2. The molecule has 0 fully saturated rings. The molecular formula is C42H56O6. The third-order valence-corrected chi connectivity index (χ3v) is 11.3. The Kier molecular flexibility index (Phi) is 10.2. The summed E-state index contributed by atoms with van der Waals surface area (Å²) in [5.41, 5.74) is 5.54. The lowest BCUT2D eigenvalue weighted by Crippen LogP contribution is -2.47. The Morgan fingerprint density at radius 3 is 2.42 bits per heavy atom. The van der Waals surface area contributed by atoms with Crippen molar-refractivity contribution in [2.75, 3.05) is 0 Å². The number of carbonyl (C=O) groups is 1. The van der Waals surface area contributed by atoms with Crippen LogP contribution in [0.4, 0.5) is 0 Å². The summed E-state index contributed by atoms with van der Waals surface area (Å²) >= 11 is 0. The summed E-state index contributed by atoms with van der Waals surface area (Å²) in [6.07, 6.45) is 10.2. The fraction of sp³-hybridized carbons (Fsp3) is 0.548. The van der Waals surface area contributed by atoms with Crippen molar-refractivity contribution in [1.29, 1.82) is 0 Å². The zero-order valence-electron chi connectivity index (χ0n) is 30.4. The van der Waals surface area contributed by atoms with Gasteiger partial charge in [0.15, 0.2) is 0 Å². The van der Waals surface area contributed by atoms with Crippen LogP contribution in [0.1, 0.15) is 145 Å². The van der Waals surface area contributed by atoms with Crippen molar-refractivity contribution < 1.29 is 29.6 Å². The predicted octanol–water partition coefficient (Wildman–Crippen LogP) is 10.5. The first-order chi connectivity index (χ1) is 22.6. The van der Waals surface area contributed by atoms with E-state index in [1.165, 1.54) is 5.57 Å². The molecule has 3 aliphatic rings. The highest BCUT2D eigenvalue weighted by atomic mass is 16.6. The molecule has 2 aromatic rings. The summed E-state index contributed by atoms with van der Waals surface area (Å²) in [6, 6.07) is 5.54. The summed E-state index contributed by atoms with van der Waals surface area (Å²) in [7, 11) is 0. The predicted molar refractivity (Wildman–Crippen MR) is 193 cm³/mol. The van der Waals surface area contributed by atoms with E-state index >= 15 is 0 Å². The maximum Gasteiger partial charge on any atom is 0.342 e. The van der Waals surface area contributed by atoms with Gasteiger partial charge in [-0.1, -0.05) is 63.8 Å². The number of fused-ring (bicyclic) bond motifs is 2. The van der Waals surface area contributed by atoms with Crippen molar-refractivity contribution in [2.45, 2.75) is 137 Å². The number of esters is 1. The molecule has 3 N–H and O–H groups in total. The van der Waals surface area contributed by atoms with Gasteiger partial charge < -0.3 is 24.8 Å². The second-order valence-electron chi connectivity index (χ2n) is 15.3. The fourth-order valence-corrected chi connectivity index (χ4v) is 8.41. The lowest BCUT2D eigenvalue weighted by atomic mass is 9.66. The molecule has 6 heteroatoms. The number of phenols is 3. The van der Waals surface area contributed by atoms with Gasteiger partial charge in [0.1, 0.15) is 39.8 Å². The molecule has 2 aromatic carbocycles. The zero-order valence-corrected chi connectivity index (χ0v) is 30.4. The molecule has 1 aliphatic heterocycles. The van der Waals surface area contributed by atoms with Crippen LogP contribution in [-0.2, 0) is 17.6 Å². The molecule has 2 aliphatic carbocycles. The lowest BCUT2D eigenvalue weighted by Gasteiger charge is -2.48. The van der Waals surface area contributed by atoms with Crippen LogP contribution < -0.4 is 4.74 Å². The molecular weight excluding hydrogens is 600 g/mol. The van der Waals surface area contributed by atoms with E-state index in [0.717, 1.165) is 67.2 Å². The molecule has 260 valence electrons. The molecule has 3 unspecified atom stereocenters. The maximum atomic E-state index is 14.5. The van der Waals surface area contributed by atoms with Crippen LogP contribution in [0, 0.1) is 11.8 Å². The number of benzene rings is 2. The van der Waals surface area contributed by atoms with E-state index in [-0.39, 0.29) is 40.6 Å². The highest BCUT2D eigenvalue weighted by molar-refractivity contribution is 5.96. The Morgan fingerprint density at radius 1 is 1.02 bits per heavy atom. The van der Waals surface area contributed by atoms with Gasteiger partial charge in [0, 0.05) is 17.4 Å². The van der Waals surface area contributed by atoms with Crippen LogP contribution in [0.3, 0.4) is 0 Å². The molecule has 5 rings (SSSR count). The molecule has 48 heavy (non-hydrogen) atoms. The second-order valence-corrected chi connectivity index (χ2v) is 15.3. The van der Waals surface area contributed by atoms with Crippen LogP contribution in [0.5, 0.6) is 23.0 Å². The van der Waals surface area contributed by atoms with Crippen molar-refractivity contribution >= 4 is 11.5 Å². The number of aryl methyl sites for hydroxylation is 2. The van der Waals surface area contributed by atoms with Gasteiger partial charge in [0.25, 0.3) is 0 Å². The van der Waals surface area contributed by atoms with Gasteiger partial charge in [0.2, 0.25) is 0 Å². The van der Waals surface area contributed by atoms with E-state index in [1.54, 1.807) is 6.07 Å². The van der Waals surface area contributed by atoms with Crippen LogP contribution >= 0.6 is 0 Å². The zero-order chi connectivity index (χ0) is 35.1. The first-order valence-electron chi connectivity index (χ1n) is 18.1. The van der Waals surface area contributed by atoms with Gasteiger partial charge in [-0.3, -0.25) is 0 Å². The SMILES string of the molecule is C=C(C)[C@@H]1CCC(C)=CC1c1c(O)cc(CCCCC)c(C(=O)OC2(C)CCC3=C(c4c(O)cc(CCC)cc4OC3(C)C)C2C)c1O. The number of hydrogen-bond acceptors (Lipinski definition) is 6. The first kappa shape index (κ1) is 35.6. The largest absolute Gasteiger partial charge is 0.507 e. The van der Waals surface area contributed by atoms with Gasteiger partial charge in [-0.05, 0) is 126 Å². The molecule has 0 spiro atoms. The minimum absolute atomic E-state index is 0.00348. The number of hydrogen-bond donors (Lipinski definition) is 3. The number of phenolic OH excluding ortho intramolecular Hbond substituents is 3. The Hall–Kier alpha value is -3.67. The smallest absolute Gasteiger partial charge is 0.342 e. The van der Waals surface area contributed by atoms with Crippen molar-refractivity contribution in [1.82, 2.24) is 0 Å². The van der Waals surface area contributed by atoms with Gasteiger partial charge in [-0.25, -0.2) is 4.79 Å². The Bertz CT molecular complexity index is 1660. The van der Waals surface area contributed by atoms with Crippen molar-refractivity contribution in [3.8, 4) is 23.0 Å². The summed E-state index contributed by atoms with van der Waals surface area (Å²) in [5, 5.41) is 34.8. The average molecular weight is 657 g/mol. The number of unbranched alkanes of at least 4 members (excludes halogenated alkanes) is 2. The van der Waals surface area contributed by atoms with Gasteiger partial charge in [0.05, 0.1) is 5.56 Å². The molecule has 0 bridgehead atoms. The summed E-state index contributed by atoms with van der Waals surface area (Å²) < 4.78 is 13.1. The Labute approximate surface area is 287 Å². The average Bonchev–Trinajstić information content (AvgIpc) is 2.98. The highest BCUT2D eigenvalue weighted by Gasteiger charge is 2.49.